The minimum atomic E-state index is -0.346. The number of hydrogen-bond acceptors (Lipinski definition) is 6. The van der Waals surface area contributed by atoms with Gasteiger partial charge in [-0.3, -0.25) is 4.79 Å². The number of benzene rings is 1. The largest absolute Gasteiger partial charge is 0.337 e. The summed E-state index contributed by atoms with van der Waals surface area (Å²) in [5.74, 6) is 0.692. The van der Waals surface area contributed by atoms with Crippen LogP contribution in [0.25, 0.3) is 0 Å². The van der Waals surface area contributed by atoms with Crippen LogP contribution in [0.3, 0.4) is 0 Å². The highest BCUT2D eigenvalue weighted by molar-refractivity contribution is 8.01. The van der Waals surface area contributed by atoms with E-state index in [0.29, 0.717) is 10.8 Å². The zero-order valence-electron chi connectivity index (χ0n) is 12.5. The smallest absolute Gasteiger partial charge is 0.319 e. The fourth-order valence-corrected chi connectivity index (χ4v) is 3.28. The summed E-state index contributed by atoms with van der Waals surface area (Å²) in [5, 5.41) is 16.3. The first-order valence-corrected chi connectivity index (χ1v) is 8.83. The molecule has 0 fully saturated rings. The number of hydrogen-bond donors (Lipinski definition) is 3. The predicted molar refractivity (Wildman–Crippen MR) is 93.0 cm³/mol. The van der Waals surface area contributed by atoms with E-state index < -0.39 is 0 Å². The molecule has 0 saturated heterocycles. The van der Waals surface area contributed by atoms with Crippen LogP contribution in [0.4, 0.5) is 15.6 Å². The van der Waals surface area contributed by atoms with Gasteiger partial charge in [-0.1, -0.05) is 48.2 Å². The van der Waals surface area contributed by atoms with Gasteiger partial charge in [0.25, 0.3) is 0 Å². The van der Waals surface area contributed by atoms with E-state index in [-0.39, 0.29) is 24.9 Å². The average Bonchev–Trinajstić information content (AvgIpc) is 2.95. The Morgan fingerprint density at radius 3 is 2.70 bits per heavy atom. The Morgan fingerprint density at radius 1 is 1.17 bits per heavy atom. The Labute approximate surface area is 142 Å². The lowest BCUT2D eigenvalue weighted by atomic mass is 10.3. The number of carbonyl (C=O) groups is 2. The van der Waals surface area contributed by atoms with Gasteiger partial charge in [0.1, 0.15) is 0 Å². The number of carbonyl (C=O) groups excluding carboxylic acids is 2. The molecule has 0 spiro atoms. The molecule has 0 saturated carbocycles. The zero-order chi connectivity index (χ0) is 16.5. The molecular weight excluding hydrogens is 334 g/mol. The lowest BCUT2D eigenvalue weighted by Gasteiger charge is -2.07. The maximum atomic E-state index is 11.8. The minimum absolute atomic E-state index is 0.165. The molecular formula is C14H17N5O2S2. The summed E-state index contributed by atoms with van der Waals surface area (Å²) in [6, 6.07) is 8.75. The van der Waals surface area contributed by atoms with E-state index in [1.807, 2.05) is 25.1 Å². The molecule has 0 bridgehead atoms. The van der Waals surface area contributed by atoms with Crippen LogP contribution in [0.2, 0.25) is 0 Å². The molecule has 7 nitrogen and oxygen atoms in total. The number of amides is 3. The van der Waals surface area contributed by atoms with E-state index in [0.717, 1.165) is 10.1 Å². The summed E-state index contributed by atoms with van der Waals surface area (Å²) in [5.41, 5.74) is 0.698. The maximum absolute atomic E-state index is 11.8. The van der Waals surface area contributed by atoms with E-state index in [1.165, 1.54) is 11.3 Å². The zero-order valence-corrected chi connectivity index (χ0v) is 14.2. The molecule has 0 aliphatic rings. The van der Waals surface area contributed by atoms with Gasteiger partial charge in [0.15, 0.2) is 4.34 Å². The number of aromatic nitrogens is 2. The minimum Gasteiger partial charge on any atom is -0.337 e. The second-order valence-corrected chi connectivity index (χ2v) is 6.84. The molecule has 0 aliphatic heterocycles. The van der Waals surface area contributed by atoms with Crippen LogP contribution < -0.4 is 16.0 Å². The Bertz CT molecular complexity index is 648. The lowest BCUT2D eigenvalue weighted by Crippen LogP contribution is -2.31. The van der Waals surface area contributed by atoms with Gasteiger partial charge >= 0.3 is 6.03 Å². The Kier molecular flexibility index (Phi) is 6.82. The van der Waals surface area contributed by atoms with Crippen molar-refractivity contribution in [3.8, 4) is 0 Å². The van der Waals surface area contributed by atoms with Crippen molar-refractivity contribution in [3.63, 3.8) is 0 Å². The van der Waals surface area contributed by atoms with Crippen LogP contribution in [0.5, 0.6) is 0 Å². The summed E-state index contributed by atoms with van der Waals surface area (Å²) >= 11 is 2.91. The highest BCUT2D eigenvalue weighted by Crippen LogP contribution is 2.24. The highest BCUT2D eigenvalue weighted by Gasteiger charge is 2.09. The van der Waals surface area contributed by atoms with Crippen LogP contribution in [0.1, 0.15) is 13.3 Å². The van der Waals surface area contributed by atoms with Crippen LogP contribution in [0, 0.1) is 0 Å². The number of nitrogens with one attached hydrogen (secondary N) is 3. The summed E-state index contributed by atoms with van der Waals surface area (Å²) in [4.78, 5) is 23.4. The van der Waals surface area contributed by atoms with Crippen molar-refractivity contribution in [2.75, 3.05) is 22.9 Å². The van der Waals surface area contributed by atoms with Gasteiger partial charge in [0.2, 0.25) is 11.0 Å². The molecule has 2 aromatic rings. The van der Waals surface area contributed by atoms with E-state index in [1.54, 1.807) is 23.9 Å². The summed E-state index contributed by atoms with van der Waals surface area (Å²) in [6.07, 6.45) is 0.165. The topological polar surface area (TPSA) is 96.0 Å². The molecule has 9 heteroatoms. The van der Waals surface area contributed by atoms with E-state index >= 15 is 0 Å². The fourth-order valence-electron chi connectivity index (χ4n) is 1.61. The third-order valence-electron chi connectivity index (χ3n) is 2.59. The number of urea groups is 1. The highest BCUT2D eigenvalue weighted by atomic mass is 32.2. The van der Waals surface area contributed by atoms with Crippen LogP contribution in [-0.2, 0) is 4.79 Å². The molecule has 0 unspecified atom stereocenters. The summed E-state index contributed by atoms with van der Waals surface area (Å²) in [6.45, 7) is 2.26. The molecule has 2 rings (SSSR count). The second kappa shape index (κ2) is 9.11. The molecule has 3 N–H and O–H groups in total. The third kappa shape index (κ3) is 6.25. The number of para-hydroxylation sites is 1. The van der Waals surface area contributed by atoms with Gasteiger partial charge in [0, 0.05) is 18.7 Å². The first kappa shape index (κ1) is 17.2. The van der Waals surface area contributed by atoms with Gasteiger partial charge < -0.3 is 16.0 Å². The van der Waals surface area contributed by atoms with E-state index in [4.69, 9.17) is 0 Å². The van der Waals surface area contributed by atoms with Gasteiger partial charge in [-0.05, 0) is 17.9 Å². The standard InChI is InChI=1S/C14H17N5O2S2/c1-2-22-14-19-18-13(23-14)17-11(20)8-9-15-12(21)16-10-6-4-3-5-7-10/h3-7H,2,8-9H2,1H3,(H2,15,16,21)(H,17,18,20). The monoisotopic (exact) mass is 351 g/mol. The van der Waals surface area contributed by atoms with E-state index in [2.05, 4.69) is 26.1 Å². The molecule has 3 amide bonds. The lowest BCUT2D eigenvalue weighted by molar-refractivity contribution is -0.116. The van der Waals surface area contributed by atoms with Crippen LogP contribution >= 0.6 is 23.1 Å². The molecule has 1 aromatic heterocycles. The van der Waals surface area contributed by atoms with Crippen molar-refractivity contribution < 1.29 is 9.59 Å². The Hall–Kier alpha value is -2.13. The van der Waals surface area contributed by atoms with Gasteiger partial charge in [-0.2, -0.15) is 0 Å². The summed E-state index contributed by atoms with van der Waals surface area (Å²) < 4.78 is 0.822. The second-order valence-electron chi connectivity index (χ2n) is 4.35. The van der Waals surface area contributed by atoms with E-state index in [9.17, 15) is 9.59 Å². The molecule has 1 aromatic carbocycles. The van der Waals surface area contributed by atoms with Crippen molar-refractivity contribution in [2.24, 2.45) is 0 Å². The predicted octanol–water partition coefficient (Wildman–Crippen LogP) is 2.80. The number of rotatable bonds is 7. The third-order valence-corrected chi connectivity index (χ3v) is 4.44. The first-order chi connectivity index (χ1) is 11.2. The van der Waals surface area contributed by atoms with Crippen LogP contribution in [0.15, 0.2) is 34.7 Å². The van der Waals surface area contributed by atoms with Gasteiger partial charge in [-0.15, -0.1) is 10.2 Å². The normalized spacial score (nSPS) is 10.1. The Balaban J connectivity index is 1.67. The van der Waals surface area contributed by atoms with Crippen molar-refractivity contribution in [1.82, 2.24) is 15.5 Å². The molecule has 122 valence electrons. The molecule has 23 heavy (non-hydrogen) atoms. The van der Waals surface area contributed by atoms with Crippen LogP contribution in [-0.4, -0.2) is 34.4 Å². The van der Waals surface area contributed by atoms with Gasteiger partial charge in [-0.25, -0.2) is 4.79 Å². The fraction of sp³-hybridized carbons (Fsp3) is 0.286. The SMILES string of the molecule is CCSc1nnc(NC(=O)CCNC(=O)Nc2ccccc2)s1. The van der Waals surface area contributed by atoms with Gasteiger partial charge in [0.05, 0.1) is 0 Å². The summed E-state index contributed by atoms with van der Waals surface area (Å²) in [7, 11) is 0. The van der Waals surface area contributed by atoms with Crippen molar-refractivity contribution in [2.45, 2.75) is 17.7 Å². The molecule has 0 aliphatic carbocycles. The van der Waals surface area contributed by atoms with Crippen molar-refractivity contribution in [3.05, 3.63) is 30.3 Å². The quantitative estimate of drug-likeness (QED) is 0.526. The average molecular weight is 351 g/mol. The molecule has 0 atom stereocenters. The Morgan fingerprint density at radius 2 is 1.96 bits per heavy atom. The number of thioether (sulfide) groups is 1. The van der Waals surface area contributed by atoms with Crippen molar-refractivity contribution in [1.29, 1.82) is 0 Å². The maximum Gasteiger partial charge on any atom is 0.319 e. The number of nitrogens with zero attached hydrogens (tertiary/aromatic N) is 2. The van der Waals surface area contributed by atoms with Crippen molar-refractivity contribution >= 4 is 45.9 Å². The first-order valence-electron chi connectivity index (χ1n) is 7.03. The number of anilines is 2. The molecule has 1 heterocycles. The molecule has 0 radical (unpaired) electrons.